The van der Waals surface area contributed by atoms with Crippen molar-refractivity contribution in [2.45, 2.75) is 70.4 Å². The van der Waals surface area contributed by atoms with E-state index in [1.54, 1.807) is 0 Å². The summed E-state index contributed by atoms with van der Waals surface area (Å²) in [5.74, 6) is 0.546. The van der Waals surface area contributed by atoms with Gasteiger partial charge in [0.1, 0.15) is 0 Å². The lowest BCUT2D eigenvalue weighted by Crippen LogP contribution is -2.37. The van der Waals surface area contributed by atoms with Crippen molar-refractivity contribution in [2.75, 3.05) is 6.61 Å². The lowest BCUT2D eigenvalue weighted by Gasteiger charge is -2.32. The Balaban J connectivity index is 1.63. The van der Waals surface area contributed by atoms with Gasteiger partial charge < -0.3 is 10.4 Å². The molecule has 0 radical (unpaired) electrons. The maximum atomic E-state index is 9.23. The topological polar surface area (TPSA) is 45.2 Å². The minimum absolute atomic E-state index is 0.370. The summed E-state index contributed by atoms with van der Waals surface area (Å²) in [7, 11) is 0. The normalized spacial score (nSPS) is 30.2. The molecule has 0 saturated heterocycles. The molecule has 0 amide bonds. The molecule has 4 heteroatoms. The van der Waals surface area contributed by atoms with Crippen molar-refractivity contribution in [3.05, 3.63) is 15.6 Å². The summed E-state index contributed by atoms with van der Waals surface area (Å²) in [6, 6.07) is 1.17. The van der Waals surface area contributed by atoms with Gasteiger partial charge in [-0.25, -0.2) is 4.98 Å². The van der Waals surface area contributed by atoms with Crippen molar-refractivity contribution >= 4 is 11.3 Å². The highest BCUT2D eigenvalue weighted by molar-refractivity contribution is 7.11. The van der Waals surface area contributed by atoms with E-state index in [1.807, 2.05) is 11.3 Å². The molecule has 112 valence electrons. The number of nitrogens with zero attached hydrogens (tertiary/aromatic N) is 1. The van der Waals surface area contributed by atoms with E-state index < -0.39 is 0 Å². The molecule has 1 atom stereocenters. The number of aromatic nitrogens is 1. The zero-order valence-corrected chi connectivity index (χ0v) is 13.2. The van der Waals surface area contributed by atoms with Gasteiger partial charge in [-0.1, -0.05) is 6.92 Å². The quantitative estimate of drug-likeness (QED) is 0.896. The van der Waals surface area contributed by atoms with Crippen molar-refractivity contribution in [1.82, 2.24) is 10.3 Å². The molecular weight excluding hydrogens is 268 g/mol. The Kier molecular flexibility index (Phi) is 4.74. The van der Waals surface area contributed by atoms with Crippen LogP contribution in [0, 0.1) is 5.92 Å². The molecule has 1 heterocycles. The zero-order valence-electron chi connectivity index (χ0n) is 12.4. The number of hydrogen-bond acceptors (Lipinski definition) is 4. The third kappa shape index (κ3) is 3.07. The summed E-state index contributed by atoms with van der Waals surface area (Å²) in [5.41, 5.74) is 1.36. The van der Waals surface area contributed by atoms with Crippen LogP contribution in [0.15, 0.2) is 0 Å². The molecule has 1 aromatic heterocycles. The van der Waals surface area contributed by atoms with Crippen molar-refractivity contribution in [3.8, 4) is 0 Å². The highest BCUT2D eigenvalue weighted by atomic mass is 32.1. The molecule has 2 N–H and O–H groups in total. The molecule has 1 saturated carbocycles. The Morgan fingerprint density at radius 1 is 1.25 bits per heavy atom. The van der Waals surface area contributed by atoms with Crippen molar-refractivity contribution < 1.29 is 5.11 Å². The van der Waals surface area contributed by atoms with E-state index in [9.17, 15) is 5.11 Å². The molecular formula is C16H26N2OS. The number of aryl methyl sites for hydroxylation is 2. The first-order valence-corrected chi connectivity index (χ1v) is 8.97. The number of rotatable bonds is 4. The van der Waals surface area contributed by atoms with Gasteiger partial charge in [0.15, 0.2) is 0 Å². The fraction of sp³-hybridized carbons (Fsp3) is 0.812. The van der Waals surface area contributed by atoms with E-state index in [0.29, 0.717) is 24.6 Å². The Morgan fingerprint density at radius 3 is 2.75 bits per heavy atom. The Bertz CT molecular complexity index is 438. The second-order valence-electron chi connectivity index (χ2n) is 6.28. The van der Waals surface area contributed by atoms with E-state index in [4.69, 9.17) is 4.98 Å². The third-order valence-electron chi connectivity index (χ3n) is 4.84. The van der Waals surface area contributed by atoms with Crippen molar-refractivity contribution in [2.24, 2.45) is 5.92 Å². The SMILES string of the molecule is CCc1nc2c(s1)[C@H](NC1CCC(CO)CC1)CCC2. The minimum Gasteiger partial charge on any atom is -0.396 e. The maximum absolute atomic E-state index is 9.23. The summed E-state index contributed by atoms with van der Waals surface area (Å²) in [6.45, 7) is 2.57. The molecule has 3 rings (SSSR count). The molecule has 0 aliphatic heterocycles. The second kappa shape index (κ2) is 6.54. The summed E-state index contributed by atoms with van der Waals surface area (Å²) < 4.78 is 0. The van der Waals surface area contributed by atoms with Crippen LogP contribution in [0.4, 0.5) is 0 Å². The van der Waals surface area contributed by atoms with Gasteiger partial charge in [0.2, 0.25) is 0 Å². The molecule has 20 heavy (non-hydrogen) atoms. The Hall–Kier alpha value is -0.450. The van der Waals surface area contributed by atoms with Crippen LogP contribution in [-0.4, -0.2) is 22.7 Å². The van der Waals surface area contributed by atoms with Crippen LogP contribution >= 0.6 is 11.3 Å². The number of aliphatic hydroxyl groups is 1. The van der Waals surface area contributed by atoms with Gasteiger partial charge in [0.25, 0.3) is 0 Å². The molecule has 2 aliphatic carbocycles. The molecule has 3 nitrogen and oxygen atoms in total. The van der Waals surface area contributed by atoms with Gasteiger partial charge in [0, 0.05) is 23.6 Å². The standard InChI is InChI=1S/C16H26N2OS/c1-2-15-18-14-5-3-4-13(16(14)20-15)17-12-8-6-11(10-19)7-9-12/h11-13,17,19H,2-10H2,1H3/t11?,12?,13-/m1/s1. The van der Waals surface area contributed by atoms with Crippen molar-refractivity contribution in [1.29, 1.82) is 0 Å². The van der Waals surface area contributed by atoms with Gasteiger partial charge in [-0.05, 0) is 57.3 Å². The predicted molar refractivity (Wildman–Crippen MR) is 83.1 cm³/mol. The average Bonchev–Trinajstić information content (AvgIpc) is 2.92. The summed E-state index contributed by atoms with van der Waals surface area (Å²) >= 11 is 1.92. The lowest BCUT2D eigenvalue weighted by atomic mass is 9.85. The fourth-order valence-electron chi connectivity index (χ4n) is 3.58. The van der Waals surface area contributed by atoms with Gasteiger partial charge in [-0.3, -0.25) is 0 Å². The Morgan fingerprint density at radius 2 is 2.05 bits per heavy atom. The van der Waals surface area contributed by atoms with E-state index in [1.165, 1.54) is 60.5 Å². The number of hydrogen-bond donors (Lipinski definition) is 2. The highest BCUT2D eigenvalue weighted by Crippen LogP contribution is 2.36. The van der Waals surface area contributed by atoms with E-state index in [-0.39, 0.29) is 0 Å². The van der Waals surface area contributed by atoms with Crippen LogP contribution in [0.25, 0.3) is 0 Å². The van der Waals surface area contributed by atoms with Crippen LogP contribution in [-0.2, 0) is 12.8 Å². The second-order valence-corrected chi connectivity index (χ2v) is 7.40. The summed E-state index contributed by atoms with van der Waals surface area (Å²) in [4.78, 5) is 6.29. The van der Waals surface area contributed by atoms with Crippen LogP contribution in [0.3, 0.4) is 0 Å². The smallest absolute Gasteiger partial charge is 0.0928 e. The van der Waals surface area contributed by atoms with Crippen LogP contribution < -0.4 is 5.32 Å². The highest BCUT2D eigenvalue weighted by Gasteiger charge is 2.28. The molecule has 1 fully saturated rings. The van der Waals surface area contributed by atoms with Gasteiger partial charge in [-0.2, -0.15) is 0 Å². The van der Waals surface area contributed by atoms with Crippen LogP contribution in [0.1, 0.15) is 67.1 Å². The first-order chi connectivity index (χ1) is 9.80. The molecule has 2 aliphatic rings. The average molecular weight is 294 g/mol. The molecule has 0 unspecified atom stereocenters. The number of aliphatic hydroxyl groups excluding tert-OH is 1. The fourth-order valence-corrected chi connectivity index (χ4v) is 4.72. The molecule has 0 spiro atoms. The number of fused-ring (bicyclic) bond motifs is 1. The molecule has 1 aromatic rings. The number of nitrogens with one attached hydrogen (secondary N) is 1. The summed E-state index contributed by atoms with van der Waals surface area (Å²) in [6.07, 6.45) is 9.55. The van der Waals surface area contributed by atoms with Crippen LogP contribution in [0.5, 0.6) is 0 Å². The first kappa shape index (κ1) is 14.5. The van der Waals surface area contributed by atoms with E-state index in [2.05, 4.69) is 12.2 Å². The van der Waals surface area contributed by atoms with Gasteiger partial charge in [0.05, 0.1) is 10.7 Å². The zero-order chi connectivity index (χ0) is 13.9. The molecule has 0 bridgehead atoms. The lowest BCUT2D eigenvalue weighted by molar-refractivity contribution is 0.170. The Labute approximate surface area is 125 Å². The monoisotopic (exact) mass is 294 g/mol. The van der Waals surface area contributed by atoms with E-state index >= 15 is 0 Å². The minimum atomic E-state index is 0.370. The third-order valence-corrected chi connectivity index (χ3v) is 6.19. The number of thiazole rings is 1. The first-order valence-electron chi connectivity index (χ1n) is 8.15. The largest absolute Gasteiger partial charge is 0.396 e. The molecule has 0 aromatic carbocycles. The van der Waals surface area contributed by atoms with Crippen molar-refractivity contribution in [3.63, 3.8) is 0 Å². The maximum Gasteiger partial charge on any atom is 0.0928 e. The van der Waals surface area contributed by atoms with Gasteiger partial charge >= 0.3 is 0 Å². The predicted octanol–water partition coefficient (Wildman–Crippen LogP) is 3.22. The summed E-state index contributed by atoms with van der Waals surface area (Å²) in [5, 5.41) is 14.4. The van der Waals surface area contributed by atoms with Gasteiger partial charge in [-0.15, -0.1) is 11.3 Å². The van der Waals surface area contributed by atoms with E-state index in [0.717, 1.165) is 6.42 Å². The van der Waals surface area contributed by atoms with Crippen LogP contribution in [0.2, 0.25) is 0 Å².